The van der Waals surface area contributed by atoms with Crippen LogP contribution in [0.25, 0.3) is 0 Å². The molecule has 0 N–H and O–H groups in total. The number of rotatable bonds is 7. The molecular formula is C18H22NO2. The molecule has 0 amide bonds. The summed E-state index contributed by atoms with van der Waals surface area (Å²) in [4.78, 5) is 2.29. The average Bonchev–Trinajstić information content (AvgIpc) is 2.55. The Labute approximate surface area is 127 Å². The van der Waals surface area contributed by atoms with E-state index >= 15 is 0 Å². The zero-order valence-electron chi connectivity index (χ0n) is 12.9. The van der Waals surface area contributed by atoms with Gasteiger partial charge >= 0.3 is 0 Å². The summed E-state index contributed by atoms with van der Waals surface area (Å²) < 4.78 is 11.0. The van der Waals surface area contributed by atoms with E-state index in [-0.39, 0.29) is 0 Å². The fraction of sp³-hybridized carbons (Fsp3) is 0.333. The van der Waals surface area contributed by atoms with Crippen LogP contribution in [0.2, 0.25) is 0 Å². The molecule has 21 heavy (non-hydrogen) atoms. The van der Waals surface area contributed by atoms with E-state index in [1.165, 1.54) is 5.69 Å². The van der Waals surface area contributed by atoms with Gasteiger partial charge in [-0.2, -0.15) is 0 Å². The molecule has 111 valence electrons. The van der Waals surface area contributed by atoms with Gasteiger partial charge in [-0.15, -0.1) is 0 Å². The van der Waals surface area contributed by atoms with E-state index < -0.39 is 0 Å². The predicted octanol–water partition coefficient (Wildman–Crippen LogP) is 3.92. The number of nitrogens with zero attached hydrogens (tertiary/aromatic N) is 1. The average molecular weight is 284 g/mol. The Morgan fingerprint density at radius 2 is 1.76 bits per heavy atom. The van der Waals surface area contributed by atoms with Gasteiger partial charge in [0, 0.05) is 30.9 Å². The summed E-state index contributed by atoms with van der Waals surface area (Å²) in [5, 5.41) is 0. The third kappa shape index (κ3) is 4.15. The lowest BCUT2D eigenvalue weighted by Crippen LogP contribution is -2.21. The number of hydrogen-bond donors (Lipinski definition) is 0. The second-order valence-corrected chi connectivity index (χ2v) is 4.72. The number of methoxy groups -OCH3 is 1. The van der Waals surface area contributed by atoms with Gasteiger partial charge in [0.25, 0.3) is 0 Å². The molecule has 0 fully saturated rings. The Hall–Kier alpha value is -2.16. The molecule has 0 aliphatic carbocycles. The van der Waals surface area contributed by atoms with Crippen LogP contribution in [0.4, 0.5) is 5.69 Å². The van der Waals surface area contributed by atoms with Crippen molar-refractivity contribution in [3.63, 3.8) is 0 Å². The van der Waals surface area contributed by atoms with Gasteiger partial charge in [0.2, 0.25) is 0 Å². The van der Waals surface area contributed by atoms with Crippen LogP contribution >= 0.6 is 0 Å². The Balaban J connectivity index is 2.00. The highest BCUT2D eigenvalue weighted by molar-refractivity contribution is 5.50. The van der Waals surface area contributed by atoms with E-state index in [4.69, 9.17) is 9.47 Å². The quantitative estimate of drug-likeness (QED) is 0.769. The van der Waals surface area contributed by atoms with Crippen molar-refractivity contribution in [1.82, 2.24) is 0 Å². The predicted molar refractivity (Wildman–Crippen MR) is 86.2 cm³/mol. The number of ether oxygens (including phenoxy) is 2. The van der Waals surface area contributed by atoms with Crippen LogP contribution in [0.15, 0.2) is 42.5 Å². The van der Waals surface area contributed by atoms with E-state index in [0.717, 1.165) is 30.2 Å². The normalized spacial score (nSPS) is 10.2. The Kier molecular flexibility index (Phi) is 5.50. The van der Waals surface area contributed by atoms with Crippen LogP contribution < -0.4 is 14.4 Å². The van der Waals surface area contributed by atoms with Gasteiger partial charge in [0.15, 0.2) is 0 Å². The summed E-state index contributed by atoms with van der Waals surface area (Å²) in [6.45, 7) is 6.80. The second-order valence-electron chi connectivity index (χ2n) is 4.72. The highest BCUT2D eigenvalue weighted by atomic mass is 16.5. The van der Waals surface area contributed by atoms with E-state index in [1.54, 1.807) is 7.11 Å². The molecule has 2 rings (SSSR count). The Morgan fingerprint density at radius 1 is 1.05 bits per heavy atom. The number of anilines is 1. The van der Waals surface area contributed by atoms with Crippen molar-refractivity contribution in [1.29, 1.82) is 0 Å². The maximum absolute atomic E-state index is 5.82. The molecule has 0 atom stereocenters. The molecule has 2 aromatic carbocycles. The highest BCUT2D eigenvalue weighted by Gasteiger charge is 2.04. The largest absolute Gasteiger partial charge is 0.497 e. The lowest BCUT2D eigenvalue weighted by atomic mass is 10.2. The van der Waals surface area contributed by atoms with Crippen molar-refractivity contribution in [2.24, 2.45) is 0 Å². The first-order valence-corrected chi connectivity index (χ1v) is 7.29. The third-order valence-corrected chi connectivity index (χ3v) is 3.44. The fourth-order valence-electron chi connectivity index (χ4n) is 2.18. The standard InChI is InChI=1S/C18H22NO2/c1-4-19(5-2)16-7-6-8-18(13-16)21-14-15-9-11-17(20-3)12-10-15/h6-7,9-13H,4-5,14H2,1-3H3. The first-order chi connectivity index (χ1) is 10.3. The lowest BCUT2D eigenvalue weighted by Gasteiger charge is -2.21. The highest BCUT2D eigenvalue weighted by Crippen LogP contribution is 2.21. The van der Waals surface area contributed by atoms with E-state index in [2.05, 4.69) is 30.9 Å². The Bertz CT molecular complexity index is 547. The molecule has 0 aliphatic rings. The molecule has 3 heteroatoms. The third-order valence-electron chi connectivity index (χ3n) is 3.44. The molecule has 0 saturated heterocycles. The van der Waals surface area contributed by atoms with Gasteiger partial charge in [-0.1, -0.05) is 12.1 Å². The van der Waals surface area contributed by atoms with Crippen LogP contribution in [0.3, 0.4) is 0 Å². The molecular weight excluding hydrogens is 262 g/mol. The minimum Gasteiger partial charge on any atom is -0.497 e. The second kappa shape index (κ2) is 7.58. The summed E-state index contributed by atoms with van der Waals surface area (Å²) in [7, 11) is 1.67. The first-order valence-electron chi connectivity index (χ1n) is 7.29. The van der Waals surface area contributed by atoms with Crippen LogP contribution in [-0.4, -0.2) is 20.2 Å². The van der Waals surface area contributed by atoms with Crippen molar-refractivity contribution in [3.8, 4) is 11.5 Å². The van der Waals surface area contributed by atoms with Gasteiger partial charge in [-0.25, -0.2) is 0 Å². The van der Waals surface area contributed by atoms with Crippen LogP contribution in [0.5, 0.6) is 11.5 Å². The molecule has 0 aliphatic heterocycles. The first kappa shape index (κ1) is 15.2. The van der Waals surface area contributed by atoms with Crippen LogP contribution in [0, 0.1) is 6.07 Å². The van der Waals surface area contributed by atoms with Crippen molar-refractivity contribution in [2.45, 2.75) is 20.5 Å². The van der Waals surface area contributed by atoms with Crippen molar-refractivity contribution >= 4 is 5.69 Å². The fourth-order valence-corrected chi connectivity index (χ4v) is 2.18. The summed E-state index contributed by atoms with van der Waals surface area (Å²) >= 11 is 0. The van der Waals surface area contributed by atoms with Crippen molar-refractivity contribution in [2.75, 3.05) is 25.1 Å². The molecule has 0 spiro atoms. The van der Waals surface area contributed by atoms with E-state index in [9.17, 15) is 0 Å². The molecule has 0 bridgehead atoms. The Morgan fingerprint density at radius 3 is 2.38 bits per heavy atom. The van der Waals surface area contributed by atoms with Crippen molar-refractivity contribution < 1.29 is 9.47 Å². The molecule has 0 aromatic heterocycles. The maximum atomic E-state index is 5.82. The zero-order valence-corrected chi connectivity index (χ0v) is 12.9. The van der Waals surface area contributed by atoms with Gasteiger partial charge < -0.3 is 14.4 Å². The number of benzene rings is 2. The summed E-state index contributed by atoms with van der Waals surface area (Å²) in [6, 6.07) is 17.0. The molecule has 1 radical (unpaired) electrons. The minimum atomic E-state index is 0.530. The lowest BCUT2D eigenvalue weighted by molar-refractivity contribution is 0.305. The molecule has 3 nitrogen and oxygen atoms in total. The molecule has 0 heterocycles. The van der Waals surface area contributed by atoms with Crippen LogP contribution in [0.1, 0.15) is 19.4 Å². The van der Waals surface area contributed by atoms with Gasteiger partial charge in [-0.3, -0.25) is 0 Å². The minimum absolute atomic E-state index is 0.530. The van der Waals surface area contributed by atoms with Crippen molar-refractivity contribution in [3.05, 3.63) is 54.1 Å². The monoisotopic (exact) mass is 284 g/mol. The summed E-state index contributed by atoms with van der Waals surface area (Å²) in [6.07, 6.45) is 0. The smallest absolute Gasteiger partial charge is 0.129 e. The zero-order chi connectivity index (χ0) is 15.1. The molecule has 2 aromatic rings. The van der Waals surface area contributed by atoms with Gasteiger partial charge in [0.1, 0.15) is 18.1 Å². The summed E-state index contributed by atoms with van der Waals surface area (Å²) in [5.74, 6) is 1.63. The van der Waals surface area contributed by atoms with Crippen LogP contribution in [-0.2, 0) is 6.61 Å². The van der Waals surface area contributed by atoms with E-state index in [1.807, 2.05) is 36.4 Å². The topological polar surface area (TPSA) is 21.7 Å². The molecule has 0 unspecified atom stereocenters. The van der Waals surface area contributed by atoms with E-state index in [0.29, 0.717) is 6.61 Å². The summed E-state index contributed by atoms with van der Waals surface area (Å²) in [5.41, 5.74) is 2.28. The molecule has 0 saturated carbocycles. The van der Waals surface area contributed by atoms with Gasteiger partial charge in [0.05, 0.1) is 7.11 Å². The maximum Gasteiger partial charge on any atom is 0.129 e. The van der Waals surface area contributed by atoms with Gasteiger partial charge in [-0.05, 0) is 43.7 Å². The SMILES string of the molecule is CCN(CC)c1cc[c]c(OCc2ccc(OC)cc2)c1. The number of hydrogen-bond acceptors (Lipinski definition) is 3.